The fraction of sp³-hybridized carbons (Fsp3) is 0.368. The van der Waals surface area contributed by atoms with Gasteiger partial charge in [0.15, 0.2) is 0 Å². The van der Waals surface area contributed by atoms with Crippen molar-refractivity contribution in [2.24, 2.45) is 0 Å². The average Bonchev–Trinajstić information content (AvgIpc) is 3.02. The van der Waals surface area contributed by atoms with E-state index in [1.165, 1.54) is 11.1 Å². The van der Waals surface area contributed by atoms with Gasteiger partial charge in [-0.1, -0.05) is 12.1 Å². The number of aromatic nitrogens is 1. The summed E-state index contributed by atoms with van der Waals surface area (Å²) in [4.78, 5) is 17.7. The lowest BCUT2D eigenvalue weighted by molar-refractivity contribution is -0.117. The Kier molecular flexibility index (Phi) is 5.03. The van der Waals surface area contributed by atoms with Crippen LogP contribution in [0, 0.1) is 0 Å². The molecule has 1 aromatic carbocycles. The molecule has 1 aliphatic rings. The van der Waals surface area contributed by atoms with Crippen molar-refractivity contribution in [2.45, 2.75) is 32.2 Å². The van der Waals surface area contributed by atoms with Gasteiger partial charge in [-0.3, -0.25) is 9.78 Å². The molecule has 0 aliphatic carbocycles. The van der Waals surface area contributed by atoms with Gasteiger partial charge in [0, 0.05) is 37.1 Å². The van der Waals surface area contributed by atoms with Crippen LogP contribution < -0.4 is 10.2 Å². The molecule has 23 heavy (non-hydrogen) atoms. The highest BCUT2D eigenvalue weighted by molar-refractivity contribution is 5.95. The quantitative estimate of drug-likeness (QED) is 0.892. The first kappa shape index (κ1) is 15.7. The molecule has 120 valence electrons. The molecule has 0 spiro atoms. The lowest BCUT2D eigenvalue weighted by atomic mass is 10.1. The number of pyridine rings is 1. The Bertz CT molecular complexity index is 639. The summed E-state index contributed by atoms with van der Waals surface area (Å²) in [6.45, 7) is 3.94. The van der Waals surface area contributed by atoms with E-state index >= 15 is 0 Å². The monoisotopic (exact) mass is 309 g/mol. The summed E-state index contributed by atoms with van der Waals surface area (Å²) in [5.74, 6) is 0.237. The SMILES string of the molecule is C[C@H](NCCc1ccncc1)c1ccc(N2CCCC2=O)cc1. The van der Waals surface area contributed by atoms with Crippen LogP contribution in [0.3, 0.4) is 0 Å². The first-order chi connectivity index (χ1) is 11.2. The normalized spacial score (nSPS) is 15.9. The van der Waals surface area contributed by atoms with E-state index in [0.29, 0.717) is 12.5 Å². The first-order valence-electron chi connectivity index (χ1n) is 8.26. The number of carbonyl (C=O) groups is 1. The highest BCUT2D eigenvalue weighted by Crippen LogP contribution is 2.23. The van der Waals surface area contributed by atoms with Gasteiger partial charge in [0.25, 0.3) is 0 Å². The third kappa shape index (κ3) is 3.96. The van der Waals surface area contributed by atoms with Crippen LogP contribution in [0.25, 0.3) is 0 Å². The van der Waals surface area contributed by atoms with E-state index in [1.807, 2.05) is 29.4 Å². The Labute approximate surface area is 137 Å². The Morgan fingerprint density at radius 1 is 1.17 bits per heavy atom. The van der Waals surface area contributed by atoms with E-state index in [-0.39, 0.29) is 5.91 Å². The molecule has 0 saturated carbocycles. The number of amides is 1. The third-order valence-corrected chi connectivity index (χ3v) is 4.39. The molecule has 1 aromatic heterocycles. The van der Waals surface area contributed by atoms with Crippen molar-refractivity contribution in [3.8, 4) is 0 Å². The van der Waals surface area contributed by atoms with Gasteiger partial charge in [-0.15, -0.1) is 0 Å². The zero-order chi connectivity index (χ0) is 16.1. The Morgan fingerprint density at radius 3 is 2.57 bits per heavy atom. The largest absolute Gasteiger partial charge is 0.312 e. The molecule has 2 heterocycles. The molecule has 2 aromatic rings. The summed E-state index contributed by atoms with van der Waals surface area (Å²) in [6, 6.07) is 12.7. The van der Waals surface area contributed by atoms with E-state index in [1.54, 1.807) is 0 Å². The van der Waals surface area contributed by atoms with E-state index < -0.39 is 0 Å². The molecule has 4 heteroatoms. The minimum Gasteiger partial charge on any atom is -0.312 e. The molecular weight excluding hydrogens is 286 g/mol. The van der Waals surface area contributed by atoms with Gasteiger partial charge in [-0.2, -0.15) is 0 Å². The maximum absolute atomic E-state index is 11.8. The maximum atomic E-state index is 11.8. The Morgan fingerprint density at radius 2 is 1.91 bits per heavy atom. The van der Waals surface area contributed by atoms with Crippen molar-refractivity contribution < 1.29 is 4.79 Å². The topological polar surface area (TPSA) is 45.2 Å². The first-order valence-corrected chi connectivity index (χ1v) is 8.26. The Hall–Kier alpha value is -2.20. The van der Waals surface area contributed by atoms with Crippen LogP contribution in [0.2, 0.25) is 0 Å². The average molecular weight is 309 g/mol. The second-order valence-corrected chi connectivity index (χ2v) is 6.02. The minimum atomic E-state index is 0.237. The van der Waals surface area contributed by atoms with Crippen molar-refractivity contribution in [1.29, 1.82) is 0 Å². The van der Waals surface area contributed by atoms with Gasteiger partial charge in [0.05, 0.1) is 0 Å². The Balaban J connectivity index is 1.53. The van der Waals surface area contributed by atoms with E-state index in [4.69, 9.17) is 0 Å². The maximum Gasteiger partial charge on any atom is 0.227 e. The number of nitrogens with zero attached hydrogens (tertiary/aromatic N) is 2. The predicted molar refractivity (Wildman–Crippen MR) is 92.4 cm³/mol. The zero-order valence-corrected chi connectivity index (χ0v) is 13.5. The number of hydrogen-bond acceptors (Lipinski definition) is 3. The summed E-state index contributed by atoms with van der Waals surface area (Å²) in [7, 11) is 0. The smallest absolute Gasteiger partial charge is 0.227 e. The van der Waals surface area contributed by atoms with E-state index in [9.17, 15) is 4.79 Å². The van der Waals surface area contributed by atoms with Gasteiger partial charge >= 0.3 is 0 Å². The summed E-state index contributed by atoms with van der Waals surface area (Å²) in [5.41, 5.74) is 3.55. The summed E-state index contributed by atoms with van der Waals surface area (Å²) >= 11 is 0. The second-order valence-electron chi connectivity index (χ2n) is 6.02. The van der Waals surface area contributed by atoms with Crippen molar-refractivity contribution in [1.82, 2.24) is 10.3 Å². The van der Waals surface area contributed by atoms with Gasteiger partial charge in [0.1, 0.15) is 0 Å². The minimum absolute atomic E-state index is 0.237. The highest BCUT2D eigenvalue weighted by Gasteiger charge is 2.21. The van der Waals surface area contributed by atoms with Crippen molar-refractivity contribution in [2.75, 3.05) is 18.0 Å². The van der Waals surface area contributed by atoms with Crippen molar-refractivity contribution in [3.05, 3.63) is 59.9 Å². The van der Waals surface area contributed by atoms with Gasteiger partial charge in [-0.05, 0) is 61.7 Å². The van der Waals surface area contributed by atoms with Crippen molar-refractivity contribution >= 4 is 11.6 Å². The lowest BCUT2D eigenvalue weighted by Gasteiger charge is -2.18. The van der Waals surface area contributed by atoms with Gasteiger partial charge < -0.3 is 10.2 Å². The lowest BCUT2D eigenvalue weighted by Crippen LogP contribution is -2.24. The van der Waals surface area contributed by atoms with Gasteiger partial charge in [-0.25, -0.2) is 0 Å². The van der Waals surface area contributed by atoms with Crippen LogP contribution in [-0.4, -0.2) is 24.0 Å². The van der Waals surface area contributed by atoms with Crippen LogP contribution >= 0.6 is 0 Å². The molecule has 1 fully saturated rings. The number of benzene rings is 1. The molecule has 1 N–H and O–H groups in total. The zero-order valence-electron chi connectivity index (χ0n) is 13.5. The highest BCUT2D eigenvalue weighted by atomic mass is 16.2. The van der Waals surface area contributed by atoms with E-state index in [2.05, 4.69) is 41.5 Å². The molecule has 1 amide bonds. The number of hydrogen-bond donors (Lipinski definition) is 1. The third-order valence-electron chi connectivity index (χ3n) is 4.39. The van der Waals surface area contributed by atoms with Crippen LogP contribution in [0.5, 0.6) is 0 Å². The summed E-state index contributed by atoms with van der Waals surface area (Å²) < 4.78 is 0. The molecule has 0 unspecified atom stereocenters. The molecule has 1 saturated heterocycles. The van der Waals surface area contributed by atoms with Crippen LogP contribution in [-0.2, 0) is 11.2 Å². The fourth-order valence-electron chi connectivity index (χ4n) is 2.96. The van der Waals surface area contributed by atoms with Gasteiger partial charge in [0.2, 0.25) is 5.91 Å². The number of rotatable bonds is 6. The number of anilines is 1. The van der Waals surface area contributed by atoms with Crippen LogP contribution in [0.4, 0.5) is 5.69 Å². The van der Waals surface area contributed by atoms with Crippen LogP contribution in [0.1, 0.15) is 36.9 Å². The van der Waals surface area contributed by atoms with E-state index in [0.717, 1.165) is 31.6 Å². The molecule has 1 atom stereocenters. The van der Waals surface area contributed by atoms with Crippen LogP contribution in [0.15, 0.2) is 48.8 Å². The molecule has 1 aliphatic heterocycles. The number of carbonyl (C=O) groups excluding carboxylic acids is 1. The summed E-state index contributed by atoms with van der Waals surface area (Å²) in [5, 5.41) is 3.54. The molecular formula is C19H23N3O. The van der Waals surface area contributed by atoms with Crippen molar-refractivity contribution in [3.63, 3.8) is 0 Å². The summed E-state index contributed by atoms with van der Waals surface area (Å²) in [6.07, 6.45) is 6.30. The fourth-order valence-corrected chi connectivity index (χ4v) is 2.96. The molecule has 0 radical (unpaired) electrons. The number of nitrogens with one attached hydrogen (secondary N) is 1. The standard InChI is InChI=1S/C19H23N3O/c1-15(21-13-10-16-8-11-20-12-9-16)17-4-6-18(7-5-17)22-14-2-3-19(22)23/h4-9,11-12,15,21H,2-3,10,13-14H2,1H3/t15-/m0/s1. The molecule has 3 rings (SSSR count). The molecule has 0 bridgehead atoms. The predicted octanol–water partition coefficient (Wildman–Crippen LogP) is 3.10. The second kappa shape index (κ2) is 7.38. The molecule has 4 nitrogen and oxygen atoms in total.